The zero-order valence-corrected chi connectivity index (χ0v) is 13.1. The summed E-state index contributed by atoms with van der Waals surface area (Å²) >= 11 is 0. The van der Waals surface area contributed by atoms with Gasteiger partial charge in [0, 0.05) is 43.8 Å². The van der Waals surface area contributed by atoms with E-state index in [1.165, 1.54) is 7.11 Å². The molecule has 120 valence electrons. The van der Waals surface area contributed by atoms with Crippen LogP contribution >= 0.6 is 0 Å². The monoisotopic (exact) mass is 312 g/mol. The Hall–Kier alpha value is -2.76. The van der Waals surface area contributed by atoms with Gasteiger partial charge < -0.3 is 20.3 Å². The summed E-state index contributed by atoms with van der Waals surface area (Å²) in [4.78, 5) is 20.7. The van der Waals surface area contributed by atoms with Gasteiger partial charge in [0.05, 0.1) is 12.7 Å². The molecule has 0 radical (unpaired) electrons. The molecular formula is C17H20N4O2. The second-order valence-electron chi connectivity index (χ2n) is 5.43. The lowest BCUT2D eigenvalue weighted by Gasteiger charge is -2.36. The number of benzene rings is 1. The number of nitrogen functional groups attached to an aromatic ring is 1. The minimum Gasteiger partial charge on any atom is -0.465 e. The lowest BCUT2D eigenvalue weighted by atomic mass is 10.1. The molecular weight excluding hydrogens is 292 g/mol. The molecule has 6 nitrogen and oxygen atoms in total. The number of anilines is 3. The third-order valence-corrected chi connectivity index (χ3v) is 4.06. The second-order valence-corrected chi connectivity index (χ2v) is 5.43. The fourth-order valence-electron chi connectivity index (χ4n) is 2.76. The van der Waals surface area contributed by atoms with Crippen LogP contribution in [0.5, 0.6) is 0 Å². The molecule has 0 unspecified atom stereocenters. The topological polar surface area (TPSA) is 71.7 Å². The van der Waals surface area contributed by atoms with Gasteiger partial charge in [0.25, 0.3) is 0 Å². The van der Waals surface area contributed by atoms with E-state index in [0.29, 0.717) is 11.3 Å². The van der Waals surface area contributed by atoms with E-state index in [0.717, 1.165) is 37.7 Å². The Morgan fingerprint density at radius 2 is 1.87 bits per heavy atom. The van der Waals surface area contributed by atoms with Gasteiger partial charge in [0.2, 0.25) is 0 Å². The summed E-state index contributed by atoms with van der Waals surface area (Å²) in [5, 5.41) is 0. The summed E-state index contributed by atoms with van der Waals surface area (Å²) in [5.74, 6) is 0.594. The van der Waals surface area contributed by atoms with Gasteiger partial charge in [-0.15, -0.1) is 0 Å². The van der Waals surface area contributed by atoms with Crippen LogP contribution in [0.2, 0.25) is 0 Å². The molecule has 1 aromatic carbocycles. The Labute approximate surface area is 135 Å². The molecule has 0 spiro atoms. The molecule has 2 heterocycles. The number of esters is 1. The SMILES string of the molecule is COC(=O)c1cc(N2CCN(c3ccccn3)CC2)ccc1N. The normalized spacial score (nSPS) is 14.7. The molecule has 1 aliphatic heterocycles. The largest absolute Gasteiger partial charge is 0.465 e. The van der Waals surface area contributed by atoms with Gasteiger partial charge in [-0.2, -0.15) is 0 Å². The molecule has 1 aliphatic rings. The van der Waals surface area contributed by atoms with E-state index in [1.807, 2.05) is 30.5 Å². The molecule has 0 saturated carbocycles. The van der Waals surface area contributed by atoms with Crippen LogP contribution in [-0.4, -0.2) is 44.2 Å². The summed E-state index contributed by atoms with van der Waals surface area (Å²) in [6.45, 7) is 3.49. The predicted octanol–water partition coefficient (Wildman–Crippen LogP) is 1.78. The van der Waals surface area contributed by atoms with Crippen LogP contribution in [-0.2, 0) is 4.74 Å². The zero-order valence-electron chi connectivity index (χ0n) is 13.1. The number of carbonyl (C=O) groups excluding carboxylic acids is 1. The van der Waals surface area contributed by atoms with Crippen molar-refractivity contribution >= 4 is 23.2 Å². The summed E-state index contributed by atoms with van der Waals surface area (Å²) in [7, 11) is 1.36. The Kier molecular flexibility index (Phi) is 4.32. The fraction of sp³-hybridized carbons (Fsp3) is 0.294. The average molecular weight is 312 g/mol. The smallest absolute Gasteiger partial charge is 0.340 e. The van der Waals surface area contributed by atoms with Crippen molar-refractivity contribution in [1.82, 2.24) is 4.98 Å². The van der Waals surface area contributed by atoms with Crippen LogP contribution in [0.3, 0.4) is 0 Å². The van der Waals surface area contributed by atoms with Crippen LogP contribution in [0.1, 0.15) is 10.4 Å². The van der Waals surface area contributed by atoms with Crippen molar-refractivity contribution in [3.05, 3.63) is 48.2 Å². The van der Waals surface area contributed by atoms with Crippen molar-refractivity contribution in [3.8, 4) is 0 Å². The Balaban J connectivity index is 1.71. The number of nitrogens with two attached hydrogens (primary N) is 1. The van der Waals surface area contributed by atoms with E-state index >= 15 is 0 Å². The van der Waals surface area contributed by atoms with Gasteiger partial charge in [-0.05, 0) is 30.3 Å². The Morgan fingerprint density at radius 1 is 1.13 bits per heavy atom. The first-order valence-corrected chi connectivity index (χ1v) is 7.58. The van der Waals surface area contributed by atoms with Crippen molar-refractivity contribution < 1.29 is 9.53 Å². The minimum absolute atomic E-state index is 0.406. The Morgan fingerprint density at radius 3 is 2.52 bits per heavy atom. The molecule has 23 heavy (non-hydrogen) atoms. The molecule has 2 N–H and O–H groups in total. The standard InChI is InChI=1S/C17H20N4O2/c1-23-17(22)14-12-13(5-6-15(14)18)20-8-10-21(11-9-20)16-4-2-3-7-19-16/h2-7,12H,8-11,18H2,1H3. The van der Waals surface area contributed by atoms with Gasteiger partial charge in [-0.3, -0.25) is 0 Å². The average Bonchev–Trinajstić information content (AvgIpc) is 2.62. The number of rotatable bonds is 3. The maximum Gasteiger partial charge on any atom is 0.340 e. The third-order valence-electron chi connectivity index (χ3n) is 4.06. The number of nitrogens with zero attached hydrogens (tertiary/aromatic N) is 3. The number of piperazine rings is 1. The highest BCUT2D eigenvalue weighted by atomic mass is 16.5. The minimum atomic E-state index is -0.406. The van der Waals surface area contributed by atoms with Crippen LogP contribution in [0.25, 0.3) is 0 Å². The highest BCUT2D eigenvalue weighted by Crippen LogP contribution is 2.24. The van der Waals surface area contributed by atoms with Gasteiger partial charge in [-0.25, -0.2) is 9.78 Å². The van der Waals surface area contributed by atoms with Crippen LogP contribution in [0, 0.1) is 0 Å². The highest BCUT2D eigenvalue weighted by molar-refractivity contribution is 5.96. The molecule has 2 aromatic rings. The molecule has 0 aliphatic carbocycles. The number of carbonyl (C=O) groups is 1. The first-order chi connectivity index (χ1) is 11.2. The van der Waals surface area contributed by atoms with Crippen LogP contribution in [0.15, 0.2) is 42.6 Å². The van der Waals surface area contributed by atoms with Crippen molar-refractivity contribution in [2.24, 2.45) is 0 Å². The third kappa shape index (κ3) is 3.21. The fourth-order valence-corrected chi connectivity index (χ4v) is 2.76. The molecule has 6 heteroatoms. The summed E-state index contributed by atoms with van der Waals surface area (Å²) in [6.07, 6.45) is 1.81. The molecule has 0 bridgehead atoms. The molecule has 3 rings (SSSR count). The quantitative estimate of drug-likeness (QED) is 0.688. The van der Waals surface area contributed by atoms with E-state index in [2.05, 4.69) is 14.8 Å². The second kappa shape index (κ2) is 6.56. The molecule has 0 atom stereocenters. The zero-order chi connectivity index (χ0) is 16.2. The van der Waals surface area contributed by atoms with E-state index in [-0.39, 0.29) is 0 Å². The van der Waals surface area contributed by atoms with Gasteiger partial charge >= 0.3 is 5.97 Å². The molecule has 1 fully saturated rings. The van der Waals surface area contributed by atoms with E-state index < -0.39 is 5.97 Å². The van der Waals surface area contributed by atoms with Crippen molar-refractivity contribution in [2.45, 2.75) is 0 Å². The maximum absolute atomic E-state index is 11.8. The van der Waals surface area contributed by atoms with Crippen LogP contribution in [0.4, 0.5) is 17.2 Å². The van der Waals surface area contributed by atoms with E-state index in [4.69, 9.17) is 10.5 Å². The van der Waals surface area contributed by atoms with Gasteiger partial charge in [0.1, 0.15) is 5.82 Å². The highest BCUT2D eigenvalue weighted by Gasteiger charge is 2.20. The first-order valence-electron chi connectivity index (χ1n) is 7.58. The molecule has 1 saturated heterocycles. The van der Waals surface area contributed by atoms with Gasteiger partial charge in [0.15, 0.2) is 0 Å². The van der Waals surface area contributed by atoms with Crippen LogP contribution < -0.4 is 15.5 Å². The van der Waals surface area contributed by atoms with Crippen molar-refractivity contribution in [3.63, 3.8) is 0 Å². The lowest BCUT2D eigenvalue weighted by molar-refractivity contribution is 0.0602. The maximum atomic E-state index is 11.8. The number of aromatic nitrogens is 1. The number of methoxy groups -OCH3 is 1. The molecule has 0 amide bonds. The summed E-state index contributed by atoms with van der Waals surface area (Å²) in [5.41, 5.74) is 7.70. The Bertz CT molecular complexity index is 682. The lowest BCUT2D eigenvalue weighted by Crippen LogP contribution is -2.46. The number of hydrogen-bond donors (Lipinski definition) is 1. The van der Waals surface area contributed by atoms with E-state index in [1.54, 1.807) is 12.1 Å². The van der Waals surface area contributed by atoms with Gasteiger partial charge in [-0.1, -0.05) is 6.07 Å². The number of pyridine rings is 1. The first kappa shape index (κ1) is 15.1. The predicted molar refractivity (Wildman–Crippen MR) is 90.9 cm³/mol. The summed E-state index contributed by atoms with van der Waals surface area (Å²) < 4.78 is 4.78. The van der Waals surface area contributed by atoms with E-state index in [9.17, 15) is 4.79 Å². The molecule has 1 aromatic heterocycles. The van der Waals surface area contributed by atoms with Crippen molar-refractivity contribution in [1.29, 1.82) is 0 Å². The number of hydrogen-bond acceptors (Lipinski definition) is 6. The summed E-state index contributed by atoms with van der Waals surface area (Å²) in [6, 6.07) is 11.4. The number of ether oxygens (including phenoxy) is 1. The van der Waals surface area contributed by atoms with Crippen molar-refractivity contribution in [2.75, 3.05) is 48.8 Å².